The van der Waals surface area contributed by atoms with Crippen molar-refractivity contribution in [1.29, 1.82) is 0 Å². The third-order valence-electron chi connectivity index (χ3n) is 2.65. The van der Waals surface area contributed by atoms with Crippen LogP contribution in [0.15, 0.2) is 18.2 Å². The molecule has 0 aromatic heterocycles. The van der Waals surface area contributed by atoms with Gasteiger partial charge in [-0.1, -0.05) is 25.4 Å². The van der Waals surface area contributed by atoms with Crippen LogP contribution in [0.2, 0.25) is 5.02 Å². The Morgan fingerprint density at radius 2 is 2.12 bits per heavy atom. The van der Waals surface area contributed by atoms with E-state index in [4.69, 9.17) is 23.1 Å². The lowest BCUT2D eigenvalue weighted by Crippen LogP contribution is -2.34. The second kappa shape index (κ2) is 5.89. The zero-order valence-corrected chi connectivity index (χ0v) is 10.8. The molecule has 5 N–H and O–H groups in total. The van der Waals surface area contributed by atoms with E-state index in [0.717, 1.165) is 0 Å². The van der Waals surface area contributed by atoms with Gasteiger partial charge in [0.25, 0.3) is 5.91 Å². The van der Waals surface area contributed by atoms with Gasteiger partial charge in [-0.15, -0.1) is 0 Å². The maximum Gasteiger partial charge on any atom is 0.250 e. The van der Waals surface area contributed by atoms with E-state index in [2.05, 4.69) is 19.2 Å². The van der Waals surface area contributed by atoms with Crippen LogP contribution in [0.3, 0.4) is 0 Å². The maximum absolute atomic E-state index is 11.3. The van der Waals surface area contributed by atoms with Gasteiger partial charge in [-0.25, -0.2) is 0 Å². The number of anilines is 1. The Morgan fingerprint density at radius 3 is 2.59 bits per heavy atom. The molecule has 4 nitrogen and oxygen atoms in total. The van der Waals surface area contributed by atoms with Gasteiger partial charge in [-0.2, -0.15) is 0 Å². The highest BCUT2D eigenvalue weighted by Crippen LogP contribution is 2.22. The Hall–Kier alpha value is -1.26. The molecule has 0 fully saturated rings. The van der Waals surface area contributed by atoms with Crippen molar-refractivity contribution in [2.24, 2.45) is 17.4 Å². The van der Waals surface area contributed by atoms with E-state index in [1.165, 1.54) is 0 Å². The predicted octanol–water partition coefficient (Wildman–Crippen LogP) is 1.83. The number of halogens is 1. The van der Waals surface area contributed by atoms with Gasteiger partial charge in [0, 0.05) is 23.3 Å². The molecule has 0 aliphatic rings. The zero-order chi connectivity index (χ0) is 13.0. The van der Waals surface area contributed by atoms with E-state index in [9.17, 15) is 4.79 Å². The minimum absolute atomic E-state index is 0.0755. The molecular weight excluding hydrogens is 238 g/mol. The van der Waals surface area contributed by atoms with Crippen molar-refractivity contribution in [3.05, 3.63) is 28.8 Å². The molecule has 0 aliphatic heterocycles. The van der Waals surface area contributed by atoms with Crippen LogP contribution in [0.25, 0.3) is 0 Å². The number of rotatable bonds is 5. The molecule has 0 aliphatic carbocycles. The SMILES string of the molecule is CC(C)C(CN)Nc1cc(Cl)ccc1C(N)=O. The fourth-order valence-electron chi connectivity index (χ4n) is 1.55. The minimum Gasteiger partial charge on any atom is -0.380 e. The van der Waals surface area contributed by atoms with Crippen molar-refractivity contribution in [2.75, 3.05) is 11.9 Å². The Morgan fingerprint density at radius 1 is 1.47 bits per heavy atom. The fourth-order valence-corrected chi connectivity index (χ4v) is 1.72. The highest BCUT2D eigenvalue weighted by Gasteiger charge is 2.15. The number of nitrogens with one attached hydrogen (secondary N) is 1. The van der Waals surface area contributed by atoms with Gasteiger partial charge in [0.1, 0.15) is 0 Å². The summed E-state index contributed by atoms with van der Waals surface area (Å²) >= 11 is 5.90. The second-order valence-corrected chi connectivity index (χ2v) is 4.72. The van der Waals surface area contributed by atoms with Crippen LogP contribution in [0.1, 0.15) is 24.2 Å². The van der Waals surface area contributed by atoms with Crippen molar-refractivity contribution in [2.45, 2.75) is 19.9 Å². The van der Waals surface area contributed by atoms with Crippen molar-refractivity contribution >= 4 is 23.2 Å². The first-order chi connectivity index (χ1) is 7.95. The molecule has 0 spiro atoms. The van der Waals surface area contributed by atoms with E-state index in [-0.39, 0.29) is 6.04 Å². The average Bonchev–Trinajstić information content (AvgIpc) is 2.25. The molecule has 1 atom stereocenters. The molecular formula is C12H18ClN3O. The Labute approximate surface area is 106 Å². The first-order valence-corrected chi connectivity index (χ1v) is 5.89. The van der Waals surface area contributed by atoms with Crippen LogP contribution in [-0.4, -0.2) is 18.5 Å². The second-order valence-electron chi connectivity index (χ2n) is 4.28. The molecule has 1 aromatic rings. The summed E-state index contributed by atoms with van der Waals surface area (Å²) in [4.78, 5) is 11.3. The van der Waals surface area contributed by atoms with Crippen molar-refractivity contribution in [3.8, 4) is 0 Å². The number of nitrogens with two attached hydrogens (primary N) is 2. The smallest absolute Gasteiger partial charge is 0.250 e. The summed E-state index contributed by atoms with van der Waals surface area (Å²) in [6, 6.07) is 5.01. The summed E-state index contributed by atoms with van der Waals surface area (Å²) in [6.07, 6.45) is 0. The van der Waals surface area contributed by atoms with E-state index in [0.29, 0.717) is 28.7 Å². The monoisotopic (exact) mass is 255 g/mol. The molecule has 1 aromatic carbocycles. The third kappa shape index (κ3) is 3.61. The zero-order valence-electron chi connectivity index (χ0n) is 10.0. The number of carbonyl (C=O) groups excluding carboxylic acids is 1. The molecule has 0 saturated heterocycles. The molecule has 1 rings (SSSR count). The molecule has 0 saturated carbocycles. The van der Waals surface area contributed by atoms with Crippen LogP contribution in [-0.2, 0) is 0 Å². The third-order valence-corrected chi connectivity index (χ3v) is 2.88. The predicted molar refractivity (Wildman–Crippen MR) is 71.3 cm³/mol. The van der Waals surface area contributed by atoms with Gasteiger partial charge in [-0.05, 0) is 24.1 Å². The molecule has 94 valence electrons. The van der Waals surface area contributed by atoms with Crippen LogP contribution in [0.5, 0.6) is 0 Å². The summed E-state index contributed by atoms with van der Waals surface area (Å²) in [5, 5.41) is 3.76. The summed E-state index contributed by atoms with van der Waals surface area (Å²) in [7, 11) is 0. The Kier molecular flexibility index (Phi) is 4.78. The van der Waals surface area contributed by atoms with Crippen molar-refractivity contribution in [1.82, 2.24) is 0 Å². The highest BCUT2D eigenvalue weighted by atomic mass is 35.5. The normalized spacial score (nSPS) is 12.5. The summed E-state index contributed by atoms with van der Waals surface area (Å²) < 4.78 is 0. The quantitative estimate of drug-likeness (QED) is 0.751. The maximum atomic E-state index is 11.3. The number of hydrogen-bond acceptors (Lipinski definition) is 3. The van der Waals surface area contributed by atoms with Gasteiger partial charge >= 0.3 is 0 Å². The average molecular weight is 256 g/mol. The lowest BCUT2D eigenvalue weighted by Gasteiger charge is -2.23. The van der Waals surface area contributed by atoms with E-state index in [1.807, 2.05) is 0 Å². The topological polar surface area (TPSA) is 81.1 Å². The summed E-state index contributed by atoms with van der Waals surface area (Å²) in [6.45, 7) is 4.58. The summed E-state index contributed by atoms with van der Waals surface area (Å²) in [5.41, 5.74) is 12.0. The summed E-state index contributed by atoms with van der Waals surface area (Å²) in [5.74, 6) is -0.136. The largest absolute Gasteiger partial charge is 0.380 e. The van der Waals surface area contributed by atoms with Gasteiger partial charge in [0.2, 0.25) is 0 Å². The standard InChI is InChI=1S/C12H18ClN3O/c1-7(2)11(6-14)16-10-5-8(13)3-4-9(10)12(15)17/h3-5,7,11,16H,6,14H2,1-2H3,(H2,15,17). The fraction of sp³-hybridized carbons (Fsp3) is 0.417. The number of hydrogen-bond donors (Lipinski definition) is 3. The van der Waals surface area contributed by atoms with Gasteiger partial charge in [-0.3, -0.25) is 4.79 Å². The molecule has 1 unspecified atom stereocenters. The first-order valence-electron chi connectivity index (χ1n) is 5.51. The molecule has 0 bridgehead atoms. The first kappa shape index (κ1) is 13.8. The van der Waals surface area contributed by atoms with E-state index < -0.39 is 5.91 Å². The van der Waals surface area contributed by atoms with E-state index in [1.54, 1.807) is 18.2 Å². The van der Waals surface area contributed by atoms with Crippen molar-refractivity contribution < 1.29 is 4.79 Å². The lowest BCUT2D eigenvalue weighted by atomic mass is 10.0. The molecule has 17 heavy (non-hydrogen) atoms. The van der Waals surface area contributed by atoms with Gasteiger partial charge < -0.3 is 16.8 Å². The highest BCUT2D eigenvalue weighted by molar-refractivity contribution is 6.31. The van der Waals surface area contributed by atoms with E-state index >= 15 is 0 Å². The Balaban J connectivity index is 3.03. The molecule has 1 amide bonds. The van der Waals surface area contributed by atoms with Crippen molar-refractivity contribution in [3.63, 3.8) is 0 Å². The van der Waals surface area contributed by atoms with Gasteiger partial charge in [0.15, 0.2) is 0 Å². The Bertz CT molecular complexity index is 407. The number of amides is 1. The van der Waals surface area contributed by atoms with Crippen LogP contribution >= 0.6 is 11.6 Å². The minimum atomic E-state index is -0.483. The van der Waals surface area contributed by atoms with Crippen LogP contribution < -0.4 is 16.8 Å². The lowest BCUT2D eigenvalue weighted by molar-refractivity contribution is 0.100. The number of benzene rings is 1. The number of primary amides is 1. The molecule has 0 radical (unpaired) electrons. The van der Waals surface area contributed by atoms with Gasteiger partial charge in [0.05, 0.1) is 5.56 Å². The number of carbonyl (C=O) groups is 1. The molecule has 5 heteroatoms. The molecule has 0 heterocycles. The van der Waals surface area contributed by atoms with Crippen LogP contribution in [0.4, 0.5) is 5.69 Å². The van der Waals surface area contributed by atoms with Crippen LogP contribution in [0, 0.1) is 5.92 Å².